The van der Waals surface area contributed by atoms with Gasteiger partial charge in [-0.1, -0.05) is 12.8 Å². The number of methoxy groups -OCH3 is 2. The van der Waals surface area contributed by atoms with Gasteiger partial charge in [-0.2, -0.15) is 0 Å². The van der Waals surface area contributed by atoms with Gasteiger partial charge in [0.25, 0.3) is 0 Å². The number of hydrogen-bond acceptors (Lipinski definition) is 10. The molecule has 1 aromatic carbocycles. The van der Waals surface area contributed by atoms with Crippen LogP contribution in [0.5, 0.6) is 11.5 Å². The fourth-order valence-electron chi connectivity index (χ4n) is 7.60. The Kier molecular flexibility index (Phi) is 10.2. The lowest BCUT2D eigenvalue weighted by atomic mass is 9.88. The Balaban J connectivity index is 1.19. The molecule has 2 atom stereocenters. The Morgan fingerprint density at radius 3 is 2.55 bits per heavy atom. The number of likely N-dealkylation sites (tertiary alicyclic amines) is 1. The van der Waals surface area contributed by atoms with Gasteiger partial charge in [0, 0.05) is 71.4 Å². The van der Waals surface area contributed by atoms with Crippen molar-refractivity contribution in [1.29, 1.82) is 0 Å². The van der Waals surface area contributed by atoms with Crippen molar-refractivity contribution in [1.82, 2.24) is 19.7 Å². The molecule has 0 radical (unpaired) electrons. The second-order valence-electron chi connectivity index (χ2n) is 15.7. The summed E-state index contributed by atoms with van der Waals surface area (Å²) in [6, 6.07) is 5.80. The lowest BCUT2D eigenvalue weighted by molar-refractivity contribution is -0.119. The third-order valence-corrected chi connectivity index (χ3v) is 12.0. The zero-order valence-corrected chi connectivity index (χ0v) is 31.4. The SMILES string of the molecule is COc1ccc(CN(c2nncn2[C@H]2CCc3sc(CC(=O)C4CC4)c(C(=O)CCC4CC4)c3C2)[C@H]2CCN(C(=O)OC(C)(C)C)C2)c(OC)c1. The molecular weight excluding hydrogens is 667 g/mol. The minimum absolute atomic E-state index is 0.0303. The van der Waals surface area contributed by atoms with Crippen LogP contribution in [0.15, 0.2) is 24.5 Å². The molecule has 3 aromatic rings. The molecule has 51 heavy (non-hydrogen) atoms. The standard InChI is InChI=1S/C39H51N5O6S/c1-39(2,3)50-38(47)42-17-16-28(22-42)43(21-26-11-13-29(48-4)19-33(26)49-5)37-41-40-23-44(37)27-12-15-34-30(18-27)36(31(45)14-8-24-6-7-24)35(51-34)20-32(46)25-9-10-25/h11,13,19,23-25,27-28H,6-10,12,14-18,20-22H2,1-5H3/t27-,28-/m0/s1. The van der Waals surface area contributed by atoms with E-state index in [1.54, 1.807) is 30.5 Å². The minimum Gasteiger partial charge on any atom is -0.497 e. The molecule has 1 aliphatic heterocycles. The molecule has 274 valence electrons. The van der Waals surface area contributed by atoms with Gasteiger partial charge in [0.15, 0.2) is 5.78 Å². The van der Waals surface area contributed by atoms with Crippen molar-refractivity contribution in [3.8, 4) is 11.5 Å². The highest BCUT2D eigenvalue weighted by molar-refractivity contribution is 7.12. The average molecular weight is 718 g/mol. The summed E-state index contributed by atoms with van der Waals surface area (Å²) in [7, 11) is 3.29. The highest BCUT2D eigenvalue weighted by Gasteiger charge is 2.38. The van der Waals surface area contributed by atoms with Crippen LogP contribution < -0.4 is 14.4 Å². The number of carbonyl (C=O) groups is 3. The molecule has 0 N–H and O–H groups in total. The zero-order chi connectivity index (χ0) is 35.9. The van der Waals surface area contributed by atoms with E-state index >= 15 is 0 Å². The van der Waals surface area contributed by atoms with Gasteiger partial charge >= 0.3 is 6.09 Å². The fraction of sp³-hybridized carbons (Fsp3) is 0.615. The van der Waals surface area contributed by atoms with Crippen LogP contribution in [0.4, 0.5) is 10.7 Å². The summed E-state index contributed by atoms with van der Waals surface area (Å²) in [5.74, 6) is 3.45. The molecule has 3 aliphatic carbocycles. The van der Waals surface area contributed by atoms with Crippen molar-refractivity contribution in [3.63, 3.8) is 0 Å². The summed E-state index contributed by atoms with van der Waals surface area (Å²) >= 11 is 1.69. The smallest absolute Gasteiger partial charge is 0.410 e. The van der Waals surface area contributed by atoms with Crippen molar-refractivity contribution in [2.75, 3.05) is 32.2 Å². The zero-order valence-electron chi connectivity index (χ0n) is 30.6. The maximum Gasteiger partial charge on any atom is 0.410 e. The third kappa shape index (κ3) is 8.10. The molecule has 4 aliphatic rings. The number of rotatable bonds is 14. The molecule has 0 bridgehead atoms. The van der Waals surface area contributed by atoms with E-state index in [-0.39, 0.29) is 35.7 Å². The second-order valence-corrected chi connectivity index (χ2v) is 16.9. The first-order valence-electron chi connectivity index (χ1n) is 18.6. The first-order chi connectivity index (χ1) is 24.5. The van der Waals surface area contributed by atoms with Crippen LogP contribution in [-0.4, -0.2) is 76.3 Å². The molecule has 12 heteroatoms. The van der Waals surface area contributed by atoms with Crippen molar-refractivity contribution >= 4 is 34.9 Å². The number of aromatic nitrogens is 3. The summed E-state index contributed by atoms with van der Waals surface area (Å²) in [5, 5.41) is 9.17. The van der Waals surface area contributed by atoms with Crippen molar-refractivity contribution in [2.45, 2.75) is 116 Å². The van der Waals surface area contributed by atoms with Crippen LogP contribution in [0.1, 0.15) is 109 Å². The number of anilines is 1. The van der Waals surface area contributed by atoms with Crippen molar-refractivity contribution in [2.24, 2.45) is 11.8 Å². The summed E-state index contributed by atoms with van der Waals surface area (Å²) in [4.78, 5) is 46.3. The van der Waals surface area contributed by atoms with E-state index in [4.69, 9.17) is 19.3 Å². The van der Waals surface area contributed by atoms with Gasteiger partial charge in [-0.25, -0.2) is 4.79 Å². The number of ether oxygens (including phenoxy) is 3. The van der Waals surface area contributed by atoms with Gasteiger partial charge in [-0.15, -0.1) is 21.5 Å². The fourth-order valence-corrected chi connectivity index (χ4v) is 8.98. The summed E-state index contributed by atoms with van der Waals surface area (Å²) < 4.78 is 19.2. The van der Waals surface area contributed by atoms with E-state index < -0.39 is 5.60 Å². The molecule has 0 spiro atoms. The Hall–Kier alpha value is -3.93. The van der Waals surface area contributed by atoms with Gasteiger partial charge in [0.2, 0.25) is 5.95 Å². The molecular formula is C39H51N5O6S. The molecule has 3 heterocycles. The quantitative estimate of drug-likeness (QED) is 0.163. The first kappa shape index (κ1) is 35.5. The number of nitrogens with zero attached hydrogens (tertiary/aromatic N) is 5. The van der Waals surface area contributed by atoms with Crippen LogP contribution in [0, 0.1) is 11.8 Å². The van der Waals surface area contributed by atoms with Gasteiger partial charge in [-0.05, 0) is 89.3 Å². The predicted octanol–water partition coefficient (Wildman–Crippen LogP) is 7.00. The minimum atomic E-state index is -0.587. The Bertz CT molecular complexity index is 1770. The van der Waals surface area contributed by atoms with Gasteiger partial charge in [0.05, 0.1) is 20.3 Å². The Morgan fingerprint density at radius 1 is 1.04 bits per heavy atom. The largest absolute Gasteiger partial charge is 0.497 e. The second kappa shape index (κ2) is 14.6. The van der Waals surface area contributed by atoms with Crippen LogP contribution in [0.3, 0.4) is 0 Å². The van der Waals surface area contributed by atoms with Crippen molar-refractivity contribution < 1.29 is 28.6 Å². The molecule has 3 fully saturated rings. The molecule has 11 nitrogen and oxygen atoms in total. The number of amides is 1. The predicted molar refractivity (Wildman–Crippen MR) is 195 cm³/mol. The lowest BCUT2D eigenvalue weighted by Gasteiger charge is -2.33. The van der Waals surface area contributed by atoms with Crippen LogP contribution >= 0.6 is 11.3 Å². The monoisotopic (exact) mass is 717 g/mol. The molecule has 2 aromatic heterocycles. The van der Waals surface area contributed by atoms with E-state index in [2.05, 4.69) is 14.6 Å². The summed E-state index contributed by atoms with van der Waals surface area (Å²) in [6.07, 6.45) is 10.9. The lowest BCUT2D eigenvalue weighted by Crippen LogP contribution is -2.41. The molecule has 1 saturated heterocycles. The third-order valence-electron chi connectivity index (χ3n) is 10.7. The highest BCUT2D eigenvalue weighted by atomic mass is 32.1. The number of fused-ring (bicyclic) bond motifs is 1. The van der Waals surface area contributed by atoms with E-state index in [9.17, 15) is 14.4 Å². The number of carbonyl (C=O) groups excluding carboxylic acids is 3. The molecule has 0 unspecified atom stereocenters. The van der Waals surface area contributed by atoms with E-state index in [0.717, 1.165) is 66.0 Å². The summed E-state index contributed by atoms with van der Waals surface area (Å²) in [6.45, 7) is 7.18. The topological polar surface area (TPSA) is 116 Å². The van der Waals surface area contributed by atoms with E-state index in [0.29, 0.717) is 56.3 Å². The first-order valence-corrected chi connectivity index (χ1v) is 19.4. The van der Waals surface area contributed by atoms with E-state index in [1.807, 2.05) is 45.3 Å². The highest BCUT2D eigenvalue weighted by Crippen LogP contribution is 2.43. The number of ketones is 2. The van der Waals surface area contributed by atoms with Gasteiger partial charge in [-0.3, -0.25) is 14.2 Å². The van der Waals surface area contributed by atoms with Gasteiger partial charge in [0.1, 0.15) is 29.2 Å². The average Bonchev–Trinajstić information content (AvgIpc) is 3.99. The normalized spacial score (nSPS) is 20.2. The maximum atomic E-state index is 13.9. The van der Waals surface area contributed by atoms with Crippen LogP contribution in [0.25, 0.3) is 0 Å². The number of Topliss-reactive ketones (excluding diaryl/α,β-unsaturated/α-hetero) is 2. The molecule has 7 rings (SSSR count). The summed E-state index contributed by atoms with van der Waals surface area (Å²) in [5.41, 5.74) is 2.32. The Labute approximate surface area is 304 Å². The van der Waals surface area contributed by atoms with Crippen LogP contribution in [-0.2, 0) is 35.3 Å². The van der Waals surface area contributed by atoms with Gasteiger partial charge < -0.3 is 24.0 Å². The molecule has 1 amide bonds. The Morgan fingerprint density at radius 2 is 1.84 bits per heavy atom. The van der Waals surface area contributed by atoms with Crippen molar-refractivity contribution in [3.05, 3.63) is 51.0 Å². The number of thiophene rings is 1. The number of aryl methyl sites for hydroxylation is 1. The number of hydrogen-bond donors (Lipinski definition) is 0. The number of benzene rings is 1. The molecule has 2 saturated carbocycles. The van der Waals surface area contributed by atoms with Crippen LogP contribution in [0.2, 0.25) is 0 Å². The van der Waals surface area contributed by atoms with E-state index in [1.165, 1.54) is 17.7 Å². The maximum absolute atomic E-state index is 13.9.